The van der Waals surface area contributed by atoms with E-state index in [9.17, 15) is 4.79 Å². The highest BCUT2D eigenvalue weighted by molar-refractivity contribution is 5.93. The van der Waals surface area contributed by atoms with Gasteiger partial charge in [-0.05, 0) is 49.1 Å². The minimum absolute atomic E-state index is 0.0829. The maximum Gasteiger partial charge on any atom is 0.270 e. The molecule has 2 aromatic rings. The standard InChI is InChI=1S/C23H31N3O3/c1-28-21-10-9-17(15-22(21)29-2)11-13-24-19-12-14-25-20(16-19)23(27)26-18-7-5-3-4-6-8-18/h9-10,12,14-16,18H,3-8,11,13H2,1-2H3,(H,24,25)(H,26,27). The van der Waals surface area contributed by atoms with Gasteiger partial charge >= 0.3 is 0 Å². The number of hydrogen-bond donors (Lipinski definition) is 2. The zero-order chi connectivity index (χ0) is 20.5. The summed E-state index contributed by atoms with van der Waals surface area (Å²) in [7, 11) is 3.27. The van der Waals surface area contributed by atoms with Gasteiger partial charge in [-0.3, -0.25) is 9.78 Å². The van der Waals surface area contributed by atoms with Gasteiger partial charge < -0.3 is 20.1 Å². The number of benzene rings is 1. The molecule has 1 saturated carbocycles. The fourth-order valence-corrected chi connectivity index (χ4v) is 3.74. The smallest absolute Gasteiger partial charge is 0.270 e. The molecule has 1 aliphatic rings. The summed E-state index contributed by atoms with van der Waals surface area (Å²) in [4.78, 5) is 16.8. The van der Waals surface area contributed by atoms with Crippen molar-refractivity contribution in [2.45, 2.75) is 51.0 Å². The lowest BCUT2D eigenvalue weighted by atomic mass is 10.1. The molecule has 1 aliphatic carbocycles. The number of carbonyl (C=O) groups excluding carboxylic acids is 1. The van der Waals surface area contributed by atoms with Crippen molar-refractivity contribution < 1.29 is 14.3 Å². The molecular formula is C23H31N3O3. The van der Waals surface area contributed by atoms with Crippen LogP contribution in [0.2, 0.25) is 0 Å². The number of hydrogen-bond acceptors (Lipinski definition) is 5. The van der Waals surface area contributed by atoms with Crippen molar-refractivity contribution in [1.82, 2.24) is 10.3 Å². The van der Waals surface area contributed by atoms with E-state index in [4.69, 9.17) is 9.47 Å². The zero-order valence-corrected chi connectivity index (χ0v) is 17.4. The molecule has 3 rings (SSSR count). The van der Waals surface area contributed by atoms with E-state index in [2.05, 4.69) is 15.6 Å². The van der Waals surface area contributed by atoms with E-state index in [0.29, 0.717) is 5.69 Å². The monoisotopic (exact) mass is 397 g/mol. The highest BCUT2D eigenvalue weighted by Gasteiger charge is 2.16. The van der Waals surface area contributed by atoms with Crippen molar-refractivity contribution in [3.05, 3.63) is 47.8 Å². The highest BCUT2D eigenvalue weighted by Crippen LogP contribution is 2.27. The van der Waals surface area contributed by atoms with E-state index in [-0.39, 0.29) is 11.9 Å². The van der Waals surface area contributed by atoms with Crippen molar-refractivity contribution in [2.24, 2.45) is 0 Å². The van der Waals surface area contributed by atoms with E-state index in [1.54, 1.807) is 20.4 Å². The Morgan fingerprint density at radius 3 is 2.52 bits per heavy atom. The minimum Gasteiger partial charge on any atom is -0.493 e. The summed E-state index contributed by atoms with van der Waals surface area (Å²) in [6.07, 6.45) is 9.55. The van der Waals surface area contributed by atoms with Gasteiger partial charge in [-0.1, -0.05) is 31.7 Å². The van der Waals surface area contributed by atoms with Gasteiger partial charge in [0.05, 0.1) is 14.2 Å². The third kappa shape index (κ3) is 6.11. The summed E-state index contributed by atoms with van der Waals surface area (Å²) >= 11 is 0. The Labute approximate surface area is 173 Å². The topological polar surface area (TPSA) is 72.5 Å². The predicted molar refractivity (Wildman–Crippen MR) is 115 cm³/mol. The number of ether oxygens (including phenoxy) is 2. The number of nitrogens with one attached hydrogen (secondary N) is 2. The Morgan fingerprint density at radius 1 is 1.03 bits per heavy atom. The van der Waals surface area contributed by atoms with Crippen molar-refractivity contribution in [3.63, 3.8) is 0 Å². The SMILES string of the molecule is COc1ccc(CCNc2ccnc(C(=O)NC3CCCCCC3)c2)cc1OC. The molecule has 1 heterocycles. The molecule has 0 radical (unpaired) electrons. The Hall–Kier alpha value is -2.76. The average Bonchev–Trinajstić information content (AvgIpc) is 3.02. The van der Waals surface area contributed by atoms with Crippen LogP contribution in [0.15, 0.2) is 36.5 Å². The van der Waals surface area contributed by atoms with Crippen molar-refractivity contribution in [2.75, 3.05) is 26.1 Å². The van der Waals surface area contributed by atoms with Crippen LogP contribution in [0.3, 0.4) is 0 Å². The maximum atomic E-state index is 12.6. The second-order valence-corrected chi connectivity index (χ2v) is 7.46. The number of pyridine rings is 1. The average molecular weight is 398 g/mol. The molecule has 1 amide bonds. The Kier molecular flexibility index (Phi) is 7.73. The largest absolute Gasteiger partial charge is 0.493 e. The fraction of sp³-hybridized carbons (Fsp3) is 0.478. The summed E-state index contributed by atoms with van der Waals surface area (Å²) in [5, 5.41) is 6.53. The second-order valence-electron chi connectivity index (χ2n) is 7.46. The summed E-state index contributed by atoms with van der Waals surface area (Å²) < 4.78 is 10.6. The molecule has 0 spiro atoms. The third-order valence-electron chi connectivity index (χ3n) is 5.37. The third-order valence-corrected chi connectivity index (χ3v) is 5.37. The van der Waals surface area contributed by atoms with E-state index in [1.807, 2.05) is 30.3 Å². The molecule has 1 aromatic heterocycles. The van der Waals surface area contributed by atoms with Crippen molar-refractivity contribution >= 4 is 11.6 Å². The Bertz CT molecular complexity index is 802. The Morgan fingerprint density at radius 2 is 1.79 bits per heavy atom. The number of anilines is 1. The van der Waals surface area contributed by atoms with Crippen LogP contribution >= 0.6 is 0 Å². The predicted octanol–water partition coefficient (Wildman–Crippen LogP) is 4.21. The van der Waals surface area contributed by atoms with Gasteiger partial charge in [-0.2, -0.15) is 0 Å². The van der Waals surface area contributed by atoms with Crippen LogP contribution in [0, 0.1) is 0 Å². The molecule has 0 unspecified atom stereocenters. The summed E-state index contributed by atoms with van der Waals surface area (Å²) in [5.74, 6) is 1.37. The number of carbonyl (C=O) groups is 1. The van der Waals surface area contributed by atoms with Gasteiger partial charge in [0.25, 0.3) is 5.91 Å². The molecular weight excluding hydrogens is 366 g/mol. The lowest BCUT2D eigenvalue weighted by molar-refractivity contribution is 0.0928. The van der Waals surface area contributed by atoms with E-state index in [0.717, 1.165) is 48.6 Å². The summed E-state index contributed by atoms with van der Waals surface area (Å²) in [6.45, 7) is 0.739. The number of nitrogens with zero attached hydrogens (tertiary/aromatic N) is 1. The minimum atomic E-state index is -0.0829. The van der Waals surface area contributed by atoms with Crippen LogP contribution in [-0.4, -0.2) is 37.7 Å². The van der Waals surface area contributed by atoms with Gasteiger partial charge in [0.2, 0.25) is 0 Å². The van der Waals surface area contributed by atoms with Gasteiger partial charge in [-0.15, -0.1) is 0 Å². The molecule has 6 heteroatoms. The first-order valence-corrected chi connectivity index (χ1v) is 10.4. The zero-order valence-electron chi connectivity index (χ0n) is 17.4. The van der Waals surface area contributed by atoms with Crippen LogP contribution in [0.1, 0.15) is 54.6 Å². The fourth-order valence-electron chi connectivity index (χ4n) is 3.74. The molecule has 2 N–H and O–H groups in total. The number of amides is 1. The van der Waals surface area contributed by atoms with Gasteiger partial charge in [-0.25, -0.2) is 0 Å². The van der Waals surface area contributed by atoms with Crippen molar-refractivity contribution in [3.8, 4) is 11.5 Å². The summed E-state index contributed by atoms with van der Waals surface area (Å²) in [5.41, 5.74) is 2.51. The molecule has 156 valence electrons. The lowest BCUT2D eigenvalue weighted by Crippen LogP contribution is -2.34. The summed E-state index contributed by atoms with van der Waals surface area (Å²) in [6, 6.07) is 9.90. The molecule has 0 aliphatic heterocycles. The lowest BCUT2D eigenvalue weighted by Gasteiger charge is -2.16. The second kappa shape index (κ2) is 10.7. The molecule has 1 fully saturated rings. The number of methoxy groups -OCH3 is 2. The van der Waals surface area contributed by atoms with E-state index >= 15 is 0 Å². The van der Waals surface area contributed by atoms with Crippen LogP contribution < -0.4 is 20.1 Å². The maximum absolute atomic E-state index is 12.6. The molecule has 29 heavy (non-hydrogen) atoms. The first-order chi connectivity index (χ1) is 14.2. The van der Waals surface area contributed by atoms with Crippen LogP contribution in [0.5, 0.6) is 11.5 Å². The van der Waals surface area contributed by atoms with Gasteiger partial charge in [0.1, 0.15) is 5.69 Å². The number of rotatable bonds is 8. The van der Waals surface area contributed by atoms with Crippen LogP contribution in [-0.2, 0) is 6.42 Å². The quantitative estimate of drug-likeness (QED) is 0.653. The normalized spacial score (nSPS) is 14.7. The van der Waals surface area contributed by atoms with E-state index < -0.39 is 0 Å². The van der Waals surface area contributed by atoms with Gasteiger partial charge in [0, 0.05) is 24.5 Å². The van der Waals surface area contributed by atoms with Crippen molar-refractivity contribution in [1.29, 1.82) is 0 Å². The molecule has 0 saturated heterocycles. The highest BCUT2D eigenvalue weighted by atomic mass is 16.5. The first-order valence-electron chi connectivity index (χ1n) is 10.4. The van der Waals surface area contributed by atoms with E-state index in [1.165, 1.54) is 25.7 Å². The molecule has 1 aromatic carbocycles. The molecule has 0 atom stereocenters. The number of aromatic nitrogens is 1. The van der Waals surface area contributed by atoms with Crippen LogP contribution in [0.4, 0.5) is 5.69 Å². The molecule has 6 nitrogen and oxygen atoms in total. The molecule has 0 bridgehead atoms. The Balaban J connectivity index is 1.53. The first kappa shape index (κ1) is 21.0. The van der Waals surface area contributed by atoms with Crippen LogP contribution in [0.25, 0.3) is 0 Å². The van der Waals surface area contributed by atoms with Gasteiger partial charge in [0.15, 0.2) is 11.5 Å².